The van der Waals surface area contributed by atoms with Crippen molar-refractivity contribution < 1.29 is 4.79 Å². The first kappa shape index (κ1) is 22.5. The van der Waals surface area contributed by atoms with Crippen LogP contribution in [0.3, 0.4) is 0 Å². The van der Waals surface area contributed by atoms with Gasteiger partial charge >= 0.3 is 0 Å². The molecule has 2 saturated heterocycles. The highest BCUT2D eigenvalue weighted by Crippen LogP contribution is 2.24. The second-order valence-electron chi connectivity index (χ2n) is 8.69. The molecule has 4 rings (SSSR count). The maximum absolute atomic E-state index is 13.1. The summed E-state index contributed by atoms with van der Waals surface area (Å²) in [6, 6.07) is 21.3. The fourth-order valence-electron chi connectivity index (χ4n) is 4.70. The number of nitrogens with one attached hydrogen (secondary N) is 1. The average molecular weight is 439 g/mol. The van der Waals surface area contributed by atoms with Crippen molar-refractivity contribution in [2.45, 2.75) is 50.5 Å². The Bertz CT molecular complexity index is 1050. The SMILES string of the molecule is N#Cc1ccc(CN(Cc2ccc(C#N)cc2)[C@@H]2CN[C@H](C(=O)N3CCCC3C#N)C2)cc1. The van der Waals surface area contributed by atoms with E-state index in [0.717, 1.165) is 24.0 Å². The third kappa shape index (κ3) is 5.21. The standard InChI is InChI=1S/C26H26N6O/c27-13-19-3-7-21(8-4-19)17-31(18-22-9-5-20(14-28)6-10-22)24-12-25(30-16-24)26(33)32-11-1-2-23(32)15-29/h3-10,23-25,30H,1-2,11-12,16-18H2/t23?,24-,25-/m0/s1. The third-order valence-corrected chi connectivity index (χ3v) is 6.54. The maximum atomic E-state index is 13.1. The molecule has 2 aromatic carbocycles. The Labute approximate surface area is 194 Å². The van der Waals surface area contributed by atoms with Crippen LogP contribution >= 0.6 is 0 Å². The Morgan fingerprint density at radius 3 is 2.06 bits per heavy atom. The van der Waals surface area contributed by atoms with Crippen LogP contribution in [-0.4, -0.2) is 46.9 Å². The Balaban J connectivity index is 1.49. The van der Waals surface area contributed by atoms with Crippen molar-refractivity contribution in [2.75, 3.05) is 13.1 Å². The number of hydrogen-bond donors (Lipinski definition) is 1. The lowest BCUT2D eigenvalue weighted by atomic mass is 10.1. The lowest BCUT2D eigenvalue weighted by Crippen LogP contribution is -2.45. The lowest BCUT2D eigenvalue weighted by Gasteiger charge is -2.29. The number of amides is 1. The quantitative estimate of drug-likeness (QED) is 0.743. The molecule has 0 saturated carbocycles. The summed E-state index contributed by atoms with van der Waals surface area (Å²) in [5.74, 6) is 0.0262. The van der Waals surface area contributed by atoms with Crippen molar-refractivity contribution in [3.63, 3.8) is 0 Å². The molecule has 2 heterocycles. The van der Waals surface area contributed by atoms with Crippen LogP contribution < -0.4 is 5.32 Å². The number of carbonyl (C=O) groups is 1. The first-order chi connectivity index (χ1) is 16.1. The summed E-state index contributed by atoms with van der Waals surface area (Å²) in [5, 5.41) is 30.9. The second kappa shape index (κ2) is 10.3. The molecule has 2 aliphatic rings. The van der Waals surface area contributed by atoms with Crippen LogP contribution in [0.4, 0.5) is 0 Å². The van der Waals surface area contributed by atoms with E-state index in [9.17, 15) is 10.1 Å². The van der Waals surface area contributed by atoms with Gasteiger partial charge in [-0.2, -0.15) is 15.8 Å². The molecule has 7 heteroatoms. The summed E-state index contributed by atoms with van der Waals surface area (Å²) in [5.41, 5.74) is 3.45. The van der Waals surface area contributed by atoms with Gasteiger partial charge in [-0.15, -0.1) is 0 Å². The van der Waals surface area contributed by atoms with Gasteiger partial charge in [0.2, 0.25) is 5.91 Å². The molecule has 2 aliphatic heterocycles. The minimum absolute atomic E-state index is 0.0262. The molecular formula is C26H26N6O. The fourth-order valence-corrected chi connectivity index (χ4v) is 4.70. The molecule has 1 unspecified atom stereocenters. The Morgan fingerprint density at radius 2 is 1.55 bits per heavy atom. The maximum Gasteiger partial charge on any atom is 0.240 e. The number of benzene rings is 2. The van der Waals surface area contributed by atoms with Gasteiger partial charge in [-0.1, -0.05) is 24.3 Å². The molecule has 166 valence electrons. The predicted molar refractivity (Wildman–Crippen MR) is 122 cm³/mol. The molecule has 3 atom stereocenters. The topological polar surface area (TPSA) is 107 Å². The van der Waals surface area contributed by atoms with Gasteiger partial charge in [-0.05, 0) is 54.7 Å². The third-order valence-electron chi connectivity index (χ3n) is 6.54. The van der Waals surface area contributed by atoms with Gasteiger partial charge in [0.25, 0.3) is 0 Å². The summed E-state index contributed by atoms with van der Waals surface area (Å²) >= 11 is 0. The number of rotatable bonds is 6. The first-order valence-electron chi connectivity index (χ1n) is 11.3. The number of hydrogen-bond acceptors (Lipinski definition) is 6. The van der Waals surface area contributed by atoms with Gasteiger partial charge < -0.3 is 10.2 Å². The Hall–Kier alpha value is -3.70. The normalized spacial score (nSPS) is 22.0. The predicted octanol–water partition coefficient (Wildman–Crippen LogP) is 2.68. The largest absolute Gasteiger partial charge is 0.325 e. The zero-order chi connectivity index (χ0) is 23.2. The van der Waals surface area contributed by atoms with E-state index in [1.807, 2.05) is 48.5 Å². The van der Waals surface area contributed by atoms with E-state index < -0.39 is 0 Å². The molecular weight excluding hydrogens is 412 g/mol. The van der Waals surface area contributed by atoms with E-state index in [-0.39, 0.29) is 24.0 Å². The van der Waals surface area contributed by atoms with Crippen LogP contribution in [0.1, 0.15) is 41.5 Å². The van der Waals surface area contributed by atoms with Gasteiger partial charge in [-0.25, -0.2) is 0 Å². The van der Waals surface area contributed by atoms with Crippen LogP contribution in [0.5, 0.6) is 0 Å². The summed E-state index contributed by atoms with van der Waals surface area (Å²) in [6.07, 6.45) is 2.31. The van der Waals surface area contributed by atoms with Crippen molar-refractivity contribution in [3.05, 3.63) is 70.8 Å². The lowest BCUT2D eigenvalue weighted by molar-refractivity contribution is -0.133. The monoisotopic (exact) mass is 438 g/mol. The molecule has 0 aliphatic carbocycles. The van der Waals surface area contributed by atoms with Crippen molar-refractivity contribution in [1.29, 1.82) is 15.8 Å². The van der Waals surface area contributed by atoms with Crippen LogP contribution in [0, 0.1) is 34.0 Å². The van der Waals surface area contributed by atoms with Crippen molar-refractivity contribution in [3.8, 4) is 18.2 Å². The summed E-state index contributed by atoms with van der Waals surface area (Å²) in [4.78, 5) is 17.1. The van der Waals surface area contributed by atoms with Gasteiger partial charge in [0.05, 0.1) is 35.4 Å². The van der Waals surface area contributed by atoms with Crippen molar-refractivity contribution in [1.82, 2.24) is 15.1 Å². The van der Waals surface area contributed by atoms with Crippen LogP contribution in [0.15, 0.2) is 48.5 Å². The number of likely N-dealkylation sites (tertiary alicyclic amines) is 1. The Morgan fingerprint density at radius 1 is 0.970 bits per heavy atom. The fraction of sp³-hybridized carbons (Fsp3) is 0.385. The highest BCUT2D eigenvalue weighted by molar-refractivity contribution is 5.83. The number of carbonyl (C=O) groups excluding carboxylic acids is 1. The molecule has 2 aromatic rings. The summed E-state index contributed by atoms with van der Waals surface area (Å²) < 4.78 is 0. The van der Waals surface area contributed by atoms with Gasteiger partial charge in [-0.3, -0.25) is 9.69 Å². The van der Waals surface area contributed by atoms with E-state index in [1.54, 1.807) is 4.90 Å². The van der Waals surface area contributed by atoms with Crippen LogP contribution in [0.25, 0.3) is 0 Å². The molecule has 33 heavy (non-hydrogen) atoms. The molecule has 0 aromatic heterocycles. The van der Waals surface area contributed by atoms with E-state index in [0.29, 0.717) is 43.7 Å². The number of nitrogens with zero attached hydrogens (tertiary/aromatic N) is 5. The number of nitriles is 3. The minimum Gasteiger partial charge on any atom is -0.325 e. The average Bonchev–Trinajstić information content (AvgIpc) is 3.54. The van der Waals surface area contributed by atoms with Crippen molar-refractivity contribution >= 4 is 5.91 Å². The molecule has 1 N–H and O–H groups in total. The van der Waals surface area contributed by atoms with E-state index in [2.05, 4.69) is 28.4 Å². The van der Waals surface area contributed by atoms with E-state index in [4.69, 9.17) is 10.5 Å². The van der Waals surface area contributed by atoms with Gasteiger partial charge in [0.1, 0.15) is 6.04 Å². The highest BCUT2D eigenvalue weighted by atomic mass is 16.2. The van der Waals surface area contributed by atoms with Crippen LogP contribution in [-0.2, 0) is 17.9 Å². The molecule has 1 amide bonds. The van der Waals surface area contributed by atoms with Crippen molar-refractivity contribution in [2.24, 2.45) is 0 Å². The van der Waals surface area contributed by atoms with Gasteiger partial charge in [0.15, 0.2) is 0 Å². The zero-order valence-electron chi connectivity index (χ0n) is 18.4. The Kier molecular flexibility index (Phi) is 7.01. The second-order valence-corrected chi connectivity index (χ2v) is 8.69. The zero-order valence-corrected chi connectivity index (χ0v) is 18.4. The first-order valence-corrected chi connectivity index (χ1v) is 11.3. The highest BCUT2D eigenvalue weighted by Gasteiger charge is 2.38. The smallest absolute Gasteiger partial charge is 0.240 e. The molecule has 0 spiro atoms. The molecule has 2 fully saturated rings. The van der Waals surface area contributed by atoms with Gasteiger partial charge in [0, 0.05) is 32.2 Å². The molecule has 0 radical (unpaired) electrons. The molecule has 7 nitrogen and oxygen atoms in total. The van der Waals surface area contributed by atoms with E-state index in [1.165, 1.54) is 0 Å². The summed E-state index contributed by atoms with van der Waals surface area (Å²) in [6.45, 7) is 2.71. The van der Waals surface area contributed by atoms with E-state index >= 15 is 0 Å². The minimum atomic E-state index is -0.313. The summed E-state index contributed by atoms with van der Waals surface area (Å²) in [7, 11) is 0. The molecule has 0 bridgehead atoms. The van der Waals surface area contributed by atoms with Crippen LogP contribution in [0.2, 0.25) is 0 Å².